The Kier molecular flexibility index (Phi) is 7.75. The highest BCUT2D eigenvalue weighted by atomic mass is 16.3. The highest BCUT2D eigenvalue weighted by Crippen LogP contribution is 2.18. The van der Waals surface area contributed by atoms with E-state index >= 15 is 0 Å². The summed E-state index contributed by atoms with van der Waals surface area (Å²) in [6, 6.07) is 21.6. The van der Waals surface area contributed by atoms with Gasteiger partial charge in [0.25, 0.3) is 0 Å². The molecule has 1 amide bonds. The van der Waals surface area contributed by atoms with Crippen LogP contribution in [-0.2, 0) is 27.2 Å². The zero-order chi connectivity index (χ0) is 22.9. The summed E-state index contributed by atoms with van der Waals surface area (Å²) < 4.78 is 0. The van der Waals surface area contributed by atoms with Gasteiger partial charge in [-0.15, -0.1) is 0 Å². The molecule has 0 radical (unpaired) electrons. The predicted molar refractivity (Wildman–Crippen MR) is 121 cm³/mol. The number of para-hydroxylation sites is 1. The standard InChI is InChI=1S/C26H25NO5/c28-21-12-6-18(7-13-21)10-16-23(30)25(26(32)27-20-4-2-1-3-5-20)24(31)17-11-19-8-14-22(29)15-9-19/h1-9,12-15,25,28-29H,10-11,16-17H2,(H,27,32). The Hall–Kier alpha value is -3.93. The second-order valence-electron chi connectivity index (χ2n) is 7.55. The Morgan fingerprint density at radius 2 is 1.09 bits per heavy atom. The zero-order valence-electron chi connectivity index (χ0n) is 17.5. The first-order valence-corrected chi connectivity index (χ1v) is 10.4. The van der Waals surface area contributed by atoms with Crippen molar-refractivity contribution in [1.82, 2.24) is 0 Å². The summed E-state index contributed by atoms with van der Waals surface area (Å²) in [7, 11) is 0. The number of hydrogen-bond donors (Lipinski definition) is 3. The van der Waals surface area contributed by atoms with Crippen LogP contribution in [0.3, 0.4) is 0 Å². The second-order valence-corrected chi connectivity index (χ2v) is 7.55. The molecule has 3 N–H and O–H groups in total. The van der Waals surface area contributed by atoms with E-state index in [2.05, 4.69) is 5.32 Å². The van der Waals surface area contributed by atoms with E-state index in [0.29, 0.717) is 18.5 Å². The van der Waals surface area contributed by atoms with Crippen LogP contribution in [0.2, 0.25) is 0 Å². The SMILES string of the molecule is O=C(CCc1ccc(O)cc1)C(C(=O)CCc1ccc(O)cc1)C(=O)Nc1ccccc1. The maximum atomic E-state index is 12.9. The summed E-state index contributed by atoms with van der Waals surface area (Å²) in [6.07, 6.45) is 0.782. The molecule has 0 unspecified atom stereocenters. The number of hydrogen-bond acceptors (Lipinski definition) is 5. The highest BCUT2D eigenvalue weighted by Gasteiger charge is 2.32. The number of phenolic OH excluding ortho intramolecular Hbond substituents is 2. The van der Waals surface area contributed by atoms with Gasteiger partial charge in [-0.2, -0.15) is 0 Å². The van der Waals surface area contributed by atoms with Crippen LogP contribution in [0.4, 0.5) is 5.69 Å². The number of carbonyl (C=O) groups excluding carboxylic acids is 3. The minimum absolute atomic E-state index is 0.0304. The predicted octanol–water partition coefficient (Wildman–Crippen LogP) is 4.06. The minimum atomic E-state index is -1.40. The van der Waals surface area contributed by atoms with Gasteiger partial charge < -0.3 is 15.5 Å². The summed E-state index contributed by atoms with van der Waals surface area (Å²) in [5.74, 6) is -2.66. The number of aromatic hydroxyl groups is 2. The lowest BCUT2D eigenvalue weighted by Gasteiger charge is -2.15. The topological polar surface area (TPSA) is 104 Å². The molecule has 0 saturated carbocycles. The molecule has 0 aromatic heterocycles. The molecule has 0 heterocycles. The molecule has 3 aromatic carbocycles. The number of phenols is 2. The number of amides is 1. The Bertz CT molecular complexity index is 998. The molecule has 3 rings (SSSR count). The molecule has 0 aliphatic carbocycles. The van der Waals surface area contributed by atoms with Gasteiger partial charge in [-0.3, -0.25) is 14.4 Å². The van der Waals surface area contributed by atoms with Gasteiger partial charge in [0.1, 0.15) is 11.5 Å². The van der Waals surface area contributed by atoms with Crippen LogP contribution in [-0.4, -0.2) is 27.7 Å². The number of rotatable bonds is 10. The van der Waals surface area contributed by atoms with Gasteiger partial charge in [-0.05, 0) is 60.4 Å². The van der Waals surface area contributed by atoms with Crippen LogP contribution >= 0.6 is 0 Å². The van der Waals surface area contributed by atoms with E-state index < -0.39 is 23.4 Å². The summed E-state index contributed by atoms with van der Waals surface area (Å²) in [4.78, 5) is 38.8. The lowest BCUT2D eigenvalue weighted by atomic mass is 9.90. The first-order valence-electron chi connectivity index (χ1n) is 10.4. The van der Waals surface area contributed by atoms with Crippen molar-refractivity contribution in [2.24, 2.45) is 5.92 Å². The normalized spacial score (nSPS) is 10.7. The number of aryl methyl sites for hydroxylation is 2. The van der Waals surface area contributed by atoms with Crippen molar-refractivity contribution >= 4 is 23.2 Å². The second kappa shape index (κ2) is 10.9. The molecular weight excluding hydrogens is 406 g/mol. The summed E-state index contributed by atoms with van der Waals surface area (Å²) in [6.45, 7) is 0. The van der Waals surface area contributed by atoms with Crippen molar-refractivity contribution in [3.8, 4) is 11.5 Å². The summed E-state index contributed by atoms with van der Waals surface area (Å²) in [5.41, 5.74) is 2.17. The van der Waals surface area contributed by atoms with Crippen LogP contribution in [0.1, 0.15) is 24.0 Å². The fourth-order valence-electron chi connectivity index (χ4n) is 3.36. The van der Waals surface area contributed by atoms with Crippen LogP contribution < -0.4 is 5.32 Å². The number of Topliss-reactive ketones (excluding diaryl/α,β-unsaturated/α-hetero) is 2. The van der Waals surface area contributed by atoms with Crippen molar-refractivity contribution in [2.75, 3.05) is 5.32 Å². The maximum Gasteiger partial charge on any atom is 0.242 e. The smallest absolute Gasteiger partial charge is 0.242 e. The van der Waals surface area contributed by atoms with E-state index in [9.17, 15) is 24.6 Å². The molecule has 0 fully saturated rings. The molecule has 0 spiro atoms. The van der Waals surface area contributed by atoms with Gasteiger partial charge in [0.2, 0.25) is 5.91 Å². The van der Waals surface area contributed by atoms with E-state index in [1.165, 1.54) is 24.3 Å². The Balaban J connectivity index is 1.70. The first-order chi connectivity index (χ1) is 15.4. The van der Waals surface area contributed by atoms with Crippen molar-refractivity contribution in [3.63, 3.8) is 0 Å². The molecule has 0 aliphatic rings. The molecule has 0 atom stereocenters. The van der Waals surface area contributed by atoms with Crippen molar-refractivity contribution < 1.29 is 24.6 Å². The van der Waals surface area contributed by atoms with Crippen molar-refractivity contribution in [1.29, 1.82) is 0 Å². The van der Waals surface area contributed by atoms with Gasteiger partial charge in [0.05, 0.1) is 0 Å². The molecule has 0 saturated heterocycles. The Morgan fingerprint density at radius 1 is 0.656 bits per heavy atom. The van der Waals surface area contributed by atoms with E-state index in [1.807, 2.05) is 0 Å². The lowest BCUT2D eigenvalue weighted by molar-refractivity contribution is -0.138. The minimum Gasteiger partial charge on any atom is -0.508 e. The molecule has 0 aliphatic heterocycles. The van der Waals surface area contributed by atoms with E-state index in [0.717, 1.165) is 11.1 Å². The van der Waals surface area contributed by atoms with E-state index in [4.69, 9.17) is 0 Å². The van der Waals surface area contributed by atoms with Gasteiger partial charge in [-0.25, -0.2) is 0 Å². The molecule has 3 aromatic rings. The molecule has 0 bridgehead atoms. The number of benzene rings is 3. The van der Waals surface area contributed by atoms with E-state index in [-0.39, 0.29) is 24.3 Å². The van der Waals surface area contributed by atoms with Crippen molar-refractivity contribution in [3.05, 3.63) is 90.0 Å². The van der Waals surface area contributed by atoms with Crippen LogP contribution in [0, 0.1) is 5.92 Å². The monoisotopic (exact) mass is 431 g/mol. The molecule has 6 nitrogen and oxygen atoms in total. The van der Waals surface area contributed by atoms with E-state index in [1.54, 1.807) is 54.6 Å². The Morgan fingerprint density at radius 3 is 1.53 bits per heavy atom. The van der Waals surface area contributed by atoms with Crippen molar-refractivity contribution in [2.45, 2.75) is 25.7 Å². The molecule has 6 heteroatoms. The average Bonchev–Trinajstić information content (AvgIpc) is 2.79. The van der Waals surface area contributed by atoms with Crippen LogP contribution in [0.5, 0.6) is 11.5 Å². The van der Waals surface area contributed by atoms with Gasteiger partial charge >= 0.3 is 0 Å². The summed E-state index contributed by atoms with van der Waals surface area (Å²) >= 11 is 0. The van der Waals surface area contributed by atoms with Gasteiger partial charge in [0, 0.05) is 18.5 Å². The molecular formula is C26H25NO5. The Labute approximate surface area is 186 Å². The van der Waals surface area contributed by atoms with Crippen LogP contribution in [0.25, 0.3) is 0 Å². The quantitative estimate of drug-likeness (QED) is 0.420. The van der Waals surface area contributed by atoms with Gasteiger partial charge in [-0.1, -0.05) is 42.5 Å². The first kappa shape index (κ1) is 22.7. The molecule has 164 valence electrons. The third-order valence-electron chi connectivity index (χ3n) is 5.14. The van der Waals surface area contributed by atoms with Gasteiger partial charge in [0.15, 0.2) is 17.5 Å². The van der Waals surface area contributed by atoms with Crippen LogP contribution in [0.15, 0.2) is 78.9 Å². The number of carbonyl (C=O) groups is 3. The number of ketones is 2. The fraction of sp³-hybridized carbons (Fsp3) is 0.192. The number of anilines is 1. The third kappa shape index (κ3) is 6.54. The maximum absolute atomic E-state index is 12.9. The summed E-state index contributed by atoms with van der Waals surface area (Å²) in [5, 5.41) is 21.5. The largest absolute Gasteiger partial charge is 0.508 e. The lowest BCUT2D eigenvalue weighted by Crippen LogP contribution is -2.36. The fourth-order valence-corrected chi connectivity index (χ4v) is 3.36. The third-order valence-corrected chi connectivity index (χ3v) is 5.14. The highest BCUT2D eigenvalue weighted by molar-refractivity contribution is 6.21. The number of nitrogens with one attached hydrogen (secondary N) is 1. The average molecular weight is 431 g/mol. The zero-order valence-corrected chi connectivity index (χ0v) is 17.5. The molecule has 32 heavy (non-hydrogen) atoms.